The van der Waals surface area contributed by atoms with Gasteiger partial charge in [0.2, 0.25) is 23.5 Å². The molecule has 0 aliphatic heterocycles. The van der Waals surface area contributed by atoms with Crippen LogP contribution in [-0.2, 0) is 45.3 Å². The fourth-order valence-electron chi connectivity index (χ4n) is 9.15. The minimum atomic E-state index is -1.37. The van der Waals surface area contributed by atoms with Gasteiger partial charge < -0.3 is 39.9 Å². The topological polar surface area (TPSA) is 129 Å². The number of benzene rings is 6. The van der Waals surface area contributed by atoms with E-state index in [4.69, 9.17) is 69.2 Å². The minimum absolute atomic E-state index is 0.0525. The van der Waals surface area contributed by atoms with Crippen molar-refractivity contribution in [3.8, 4) is 46.1 Å². The Bertz CT molecular complexity index is 2700. The third-order valence-electron chi connectivity index (χ3n) is 13.0. The summed E-state index contributed by atoms with van der Waals surface area (Å²) in [6.07, 6.45) is 3.60. The van der Waals surface area contributed by atoms with Gasteiger partial charge in [-0.25, -0.2) is 0 Å². The second-order valence-electron chi connectivity index (χ2n) is 18.1. The molecular weight excluding hydrogens is 1120 g/mol. The van der Waals surface area contributed by atoms with Crippen LogP contribution in [-0.4, -0.2) is 58.7 Å². The van der Waals surface area contributed by atoms with Crippen LogP contribution < -0.4 is 39.0 Å². The Morgan fingerprint density at radius 3 is 0.987 bits per heavy atom. The number of ether oxygens (including phenoxy) is 6. The molecule has 0 fully saturated rings. The Labute approximate surface area is 468 Å². The number of halogens is 2. The zero-order valence-electron chi connectivity index (χ0n) is 44.3. The molecule has 15 heteroatoms. The van der Waals surface area contributed by atoms with Crippen molar-refractivity contribution in [2.45, 2.75) is 50.1 Å². The average molecular weight is 1190 g/mol. The molecule has 2 aromatic heterocycles. The second kappa shape index (κ2) is 30.4. The molecule has 0 bridgehead atoms. The Morgan fingerprint density at radius 1 is 0.461 bits per heavy atom. The molecule has 0 saturated heterocycles. The van der Waals surface area contributed by atoms with Crippen LogP contribution in [0.4, 0.5) is 0 Å². The second-order valence-corrected chi connectivity index (χ2v) is 25.6. The predicted molar refractivity (Wildman–Crippen MR) is 316 cm³/mol. The molecule has 76 heavy (non-hydrogen) atoms. The summed E-state index contributed by atoms with van der Waals surface area (Å²) in [5.74, 6) is 3.58. The van der Waals surface area contributed by atoms with Gasteiger partial charge in [0.15, 0.2) is 0 Å². The number of aromatic nitrogens is 2. The van der Waals surface area contributed by atoms with Crippen LogP contribution in [0.25, 0.3) is 22.6 Å². The quantitative estimate of drug-likeness (QED) is 0.0514. The van der Waals surface area contributed by atoms with Crippen molar-refractivity contribution in [1.82, 2.24) is 9.97 Å². The van der Waals surface area contributed by atoms with E-state index in [1.807, 2.05) is 62.4 Å². The zero-order valence-corrected chi connectivity index (χ0v) is 49.5. The van der Waals surface area contributed by atoms with Gasteiger partial charge in [-0.05, 0) is 46.5 Å². The van der Waals surface area contributed by atoms with Crippen molar-refractivity contribution in [3.63, 3.8) is 0 Å². The molecule has 2 N–H and O–H groups in total. The maximum atomic E-state index is 9.12. The summed E-state index contributed by atoms with van der Waals surface area (Å²) >= 11 is -0.346. The van der Waals surface area contributed by atoms with E-state index in [0.717, 1.165) is 58.4 Å². The van der Waals surface area contributed by atoms with Gasteiger partial charge in [-0.1, -0.05) is 182 Å². The number of rotatable bonds is 21. The summed E-state index contributed by atoms with van der Waals surface area (Å²) in [7, 11) is 16.9. The van der Waals surface area contributed by atoms with E-state index in [-0.39, 0.29) is 21.1 Å². The van der Waals surface area contributed by atoms with Crippen molar-refractivity contribution < 1.29 is 43.6 Å². The van der Waals surface area contributed by atoms with Crippen molar-refractivity contribution in [2.75, 3.05) is 42.7 Å². The number of hydrogen-bond donors (Lipinski definition) is 0. The van der Waals surface area contributed by atoms with Crippen molar-refractivity contribution in [3.05, 3.63) is 227 Å². The average Bonchev–Trinajstić information content (AvgIpc) is 3.50. The molecule has 0 saturated carbocycles. The summed E-state index contributed by atoms with van der Waals surface area (Å²) in [5, 5.41) is 2.33. The zero-order chi connectivity index (χ0) is 54.5. The van der Waals surface area contributed by atoms with Crippen molar-refractivity contribution in [1.29, 1.82) is 0 Å². The molecule has 0 amide bonds. The molecule has 10 nitrogen and oxygen atoms in total. The van der Waals surface area contributed by atoms with E-state index in [9.17, 15) is 0 Å². The molecule has 0 aliphatic rings. The molecule has 0 aliphatic carbocycles. The molecule has 8 aromatic rings. The van der Waals surface area contributed by atoms with Crippen LogP contribution >= 0.6 is 35.2 Å². The molecule has 0 unspecified atom stereocenters. The van der Waals surface area contributed by atoms with Crippen molar-refractivity contribution in [2.24, 2.45) is 5.92 Å². The first-order valence-corrected chi connectivity index (χ1v) is 33.0. The molecule has 0 radical (unpaired) electrons. The Morgan fingerprint density at radius 2 is 0.750 bits per heavy atom. The number of pyridine rings is 2. The number of hydrogen-bond acceptors (Lipinski definition) is 8. The SMILES string of the molecule is COc1cc([PH+](Cc2ccccc2)Cc2ccccc2)c(-c2c([PH+](Cc3ccccc3)Cc3ccccc3)cc(OC)nc2OC)c(OC)n1.COc1ccc(C([NH-])(c2ccc(OC)cc2)[C@@H]([NH-])C(C)C)cc1.[Cl][Ru+2][Cl]. The first kappa shape index (κ1) is 59.6. The summed E-state index contributed by atoms with van der Waals surface area (Å²) < 4.78 is 34.4. The number of nitrogens with zero attached hydrogens (tertiary/aromatic N) is 2. The monoisotopic (exact) mass is 1190 g/mol. The first-order chi connectivity index (χ1) is 36.9. The van der Waals surface area contributed by atoms with Gasteiger partial charge in [-0.3, -0.25) is 0 Å². The van der Waals surface area contributed by atoms with Gasteiger partial charge in [0, 0.05) is 28.0 Å². The van der Waals surface area contributed by atoms with Crippen LogP contribution in [0.5, 0.6) is 35.0 Å². The van der Waals surface area contributed by atoms with E-state index in [1.165, 1.54) is 32.9 Å². The van der Waals surface area contributed by atoms with E-state index in [0.29, 0.717) is 23.5 Å². The van der Waals surface area contributed by atoms with Gasteiger partial charge in [0.25, 0.3) is 0 Å². The molecule has 6 aromatic carbocycles. The summed E-state index contributed by atoms with van der Waals surface area (Å²) in [6, 6.07) is 61.4. The molecule has 2 heterocycles. The molecule has 8 rings (SSSR count). The number of methoxy groups -OCH3 is 6. The predicted octanol–water partition coefficient (Wildman–Crippen LogP) is 15.1. The third kappa shape index (κ3) is 15.8. The van der Waals surface area contributed by atoms with Gasteiger partial charge in [-0.15, -0.1) is 6.04 Å². The van der Waals surface area contributed by atoms with Crippen molar-refractivity contribution >= 4 is 45.8 Å². The molecular formula is C61H68Cl2N4O6P2Ru+2. The van der Waals surface area contributed by atoms with E-state index < -0.39 is 27.4 Å². The fraction of sp³-hybridized carbons (Fsp3) is 0.246. The first-order valence-electron chi connectivity index (χ1n) is 24.7. The Hall–Kier alpha value is -5.60. The Balaban J connectivity index is 0.000000300. The molecule has 1 atom stereocenters. The van der Waals surface area contributed by atoms with Gasteiger partial charge in [-0.2, -0.15) is 9.97 Å². The molecule has 0 spiro atoms. The van der Waals surface area contributed by atoms with E-state index >= 15 is 0 Å². The number of nitrogens with one attached hydrogen (secondary N) is 2. The van der Waals surface area contributed by atoms with E-state index in [2.05, 4.69) is 133 Å². The van der Waals surface area contributed by atoms with Gasteiger partial charge >= 0.3 is 34.5 Å². The summed E-state index contributed by atoms with van der Waals surface area (Å²) in [5.41, 5.74) is 25.1. The standard InChI is InChI=1S/C42H42N2O4P2.C19H24N2O2.2ClH.Ru/c1-45-37-25-35(49(27-31-17-9-5-10-18-31)28-32-19-11-6-12-20-32)39(41(43-37)47-3)40-36(26-38(46-2)44-42(40)48-4)50(29-33-21-13-7-14-22-33)30-34-23-15-8-16-24-34;1-13(2)18(20)19(21,14-5-9-16(22-3)10-6-14)15-7-11-17(23-4)12-8-15;;;/h5-26H,27-30H2,1-4H3;5-13,18,20-21H,1-4H3;2*1H;/q;-2;;;+4/t;18-;;;/m.0.../s1. The van der Waals surface area contributed by atoms with Gasteiger partial charge in [0.1, 0.15) is 22.1 Å². The van der Waals surface area contributed by atoms with Gasteiger partial charge in [0.05, 0.1) is 78.4 Å². The summed E-state index contributed by atoms with van der Waals surface area (Å²) in [4.78, 5) is 9.80. The van der Waals surface area contributed by atoms with Crippen LogP contribution in [0.15, 0.2) is 182 Å². The normalized spacial score (nSPS) is 11.5. The molecule has 398 valence electrons. The van der Waals surface area contributed by atoms with Crippen LogP contribution in [0.3, 0.4) is 0 Å². The van der Waals surface area contributed by atoms with Crippen LogP contribution in [0.1, 0.15) is 47.2 Å². The van der Waals surface area contributed by atoms with E-state index in [1.54, 1.807) is 42.7 Å². The van der Waals surface area contributed by atoms with Crippen LogP contribution in [0, 0.1) is 5.92 Å². The maximum absolute atomic E-state index is 9.12. The summed E-state index contributed by atoms with van der Waals surface area (Å²) in [6.45, 7) is 3.96. The third-order valence-corrected chi connectivity index (χ3v) is 18.7. The Kier molecular flexibility index (Phi) is 23.8. The fourth-order valence-corrected chi connectivity index (χ4v) is 14.9. The van der Waals surface area contributed by atoms with Crippen LogP contribution in [0.2, 0.25) is 0 Å².